The maximum absolute atomic E-state index is 12.8. The Morgan fingerprint density at radius 1 is 1.23 bits per heavy atom. The molecule has 1 saturated heterocycles. The molecule has 1 amide bonds. The molecule has 6 nitrogen and oxygen atoms in total. The highest BCUT2D eigenvalue weighted by atomic mass is 32.2. The van der Waals surface area contributed by atoms with Crippen LogP contribution in [0.2, 0.25) is 0 Å². The molecule has 1 aromatic carbocycles. The number of thiophene rings is 1. The van der Waals surface area contributed by atoms with Crippen molar-refractivity contribution in [1.82, 2.24) is 14.6 Å². The van der Waals surface area contributed by atoms with Crippen LogP contribution in [0.25, 0.3) is 21.3 Å². The van der Waals surface area contributed by atoms with Crippen LogP contribution in [0, 0.1) is 0 Å². The number of aromatic nitrogens is 2. The summed E-state index contributed by atoms with van der Waals surface area (Å²) in [6, 6.07) is 9.71. The van der Waals surface area contributed by atoms with E-state index in [1.54, 1.807) is 0 Å². The van der Waals surface area contributed by atoms with E-state index in [0.29, 0.717) is 15.4 Å². The van der Waals surface area contributed by atoms with Gasteiger partial charge in [0.05, 0.1) is 11.1 Å². The smallest absolute Gasteiger partial charge is 0.282 e. The summed E-state index contributed by atoms with van der Waals surface area (Å²) in [4.78, 5) is 32.0. The number of nitrogen functional groups attached to an aromatic ring is 1. The number of carbonyl (C=O) groups is 1. The number of fused-ring (bicyclic) bond motifs is 1. The van der Waals surface area contributed by atoms with Crippen molar-refractivity contribution in [2.75, 3.05) is 24.7 Å². The number of likely N-dealkylation sites (tertiary alicyclic amines) is 1. The number of hydrogen-bond acceptors (Lipinski definition) is 6. The van der Waals surface area contributed by atoms with Crippen molar-refractivity contribution < 1.29 is 4.79 Å². The summed E-state index contributed by atoms with van der Waals surface area (Å²) < 4.78 is 1.06. The van der Waals surface area contributed by atoms with Gasteiger partial charge in [0.25, 0.3) is 5.56 Å². The molecule has 2 aromatic heterocycles. The van der Waals surface area contributed by atoms with Gasteiger partial charge >= 0.3 is 0 Å². The van der Waals surface area contributed by atoms with E-state index >= 15 is 0 Å². The molecule has 8 heteroatoms. The lowest BCUT2D eigenvalue weighted by Crippen LogP contribution is -2.32. The summed E-state index contributed by atoms with van der Waals surface area (Å²) in [5.41, 5.74) is 1.51. The second-order valence-corrected chi connectivity index (χ2v) is 7.94. The van der Waals surface area contributed by atoms with Gasteiger partial charge in [0, 0.05) is 24.0 Å². The summed E-state index contributed by atoms with van der Waals surface area (Å²) in [7, 11) is 0. The molecule has 2 N–H and O–H groups in total. The first kappa shape index (κ1) is 17.1. The molecule has 0 unspecified atom stereocenters. The van der Waals surface area contributed by atoms with Gasteiger partial charge in [-0.2, -0.15) is 0 Å². The third-order valence-corrected chi connectivity index (χ3v) is 6.29. The normalized spacial score (nSPS) is 14.2. The number of hydrogen-bond donors (Lipinski definition) is 1. The number of benzene rings is 1. The van der Waals surface area contributed by atoms with Crippen molar-refractivity contribution in [3.63, 3.8) is 0 Å². The van der Waals surface area contributed by atoms with Crippen LogP contribution in [-0.2, 0) is 4.79 Å². The van der Waals surface area contributed by atoms with Crippen molar-refractivity contribution in [1.29, 1.82) is 0 Å². The van der Waals surface area contributed by atoms with Crippen molar-refractivity contribution in [3.8, 4) is 11.1 Å². The number of nitrogens with two attached hydrogens (primary N) is 1. The Morgan fingerprint density at radius 2 is 1.96 bits per heavy atom. The molecule has 0 aliphatic carbocycles. The summed E-state index contributed by atoms with van der Waals surface area (Å²) in [5.74, 6) is 6.30. The summed E-state index contributed by atoms with van der Waals surface area (Å²) in [5, 5.41) is 2.83. The lowest BCUT2D eigenvalue weighted by molar-refractivity contribution is -0.127. The third kappa shape index (κ3) is 3.10. The lowest BCUT2D eigenvalue weighted by Gasteiger charge is -2.15. The first-order chi connectivity index (χ1) is 12.6. The first-order valence-electron chi connectivity index (χ1n) is 8.40. The highest BCUT2D eigenvalue weighted by Crippen LogP contribution is 2.31. The Hall–Kier alpha value is -2.32. The maximum Gasteiger partial charge on any atom is 0.282 e. The average Bonchev–Trinajstić information content (AvgIpc) is 3.34. The van der Waals surface area contributed by atoms with Crippen LogP contribution in [0.3, 0.4) is 0 Å². The highest BCUT2D eigenvalue weighted by Gasteiger charge is 2.20. The van der Waals surface area contributed by atoms with Gasteiger partial charge in [-0.15, -0.1) is 11.3 Å². The van der Waals surface area contributed by atoms with Crippen molar-refractivity contribution in [2.45, 2.75) is 18.0 Å². The molecule has 0 bridgehead atoms. The van der Waals surface area contributed by atoms with E-state index in [0.717, 1.165) is 41.7 Å². The minimum atomic E-state index is -0.286. The molecular weight excluding hydrogens is 368 g/mol. The quantitative estimate of drug-likeness (QED) is 0.423. The zero-order valence-corrected chi connectivity index (χ0v) is 15.7. The van der Waals surface area contributed by atoms with E-state index in [2.05, 4.69) is 4.98 Å². The second-order valence-electron chi connectivity index (χ2n) is 6.14. The van der Waals surface area contributed by atoms with E-state index in [1.165, 1.54) is 23.1 Å². The number of nitrogens with zero attached hydrogens (tertiary/aromatic N) is 3. The lowest BCUT2D eigenvalue weighted by atomic mass is 10.1. The SMILES string of the molecule is Nn1c(SCC(=O)N2CCCC2)nc2scc(-c3ccccc3)c2c1=O. The van der Waals surface area contributed by atoms with Crippen LogP contribution in [0.5, 0.6) is 0 Å². The van der Waals surface area contributed by atoms with Gasteiger partial charge < -0.3 is 10.7 Å². The molecule has 0 saturated carbocycles. The minimum Gasteiger partial charge on any atom is -0.342 e. The van der Waals surface area contributed by atoms with E-state index in [9.17, 15) is 9.59 Å². The molecule has 0 atom stereocenters. The predicted octanol–water partition coefficient (Wildman–Crippen LogP) is 2.55. The van der Waals surface area contributed by atoms with Crippen molar-refractivity contribution in [3.05, 3.63) is 46.1 Å². The minimum absolute atomic E-state index is 0.0676. The van der Waals surface area contributed by atoms with Crippen molar-refractivity contribution in [2.24, 2.45) is 0 Å². The number of amides is 1. The van der Waals surface area contributed by atoms with E-state index < -0.39 is 0 Å². The van der Waals surface area contributed by atoms with Crippen LogP contribution in [-0.4, -0.2) is 39.3 Å². The summed E-state index contributed by atoms with van der Waals surface area (Å²) in [6.45, 7) is 1.62. The van der Waals surface area contributed by atoms with Crippen LogP contribution in [0.1, 0.15) is 12.8 Å². The summed E-state index contributed by atoms with van der Waals surface area (Å²) in [6.07, 6.45) is 2.11. The number of rotatable bonds is 4. The standard InChI is InChI=1S/C18H18N4O2S2/c19-22-17(24)15-13(12-6-2-1-3-7-12)10-25-16(15)20-18(22)26-11-14(23)21-8-4-5-9-21/h1-3,6-7,10H,4-5,8-9,11,19H2. The molecule has 26 heavy (non-hydrogen) atoms. The fraction of sp³-hybridized carbons (Fsp3) is 0.278. The number of carbonyl (C=O) groups excluding carboxylic acids is 1. The van der Waals surface area contributed by atoms with Gasteiger partial charge in [0.15, 0.2) is 5.16 Å². The topological polar surface area (TPSA) is 81.2 Å². The van der Waals surface area contributed by atoms with E-state index in [-0.39, 0.29) is 17.2 Å². The largest absolute Gasteiger partial charge is 0.342 e. The first-order valence-corrected chi connectivity index (χ1v) is 10.3. The molecule has 1 fully saturated rings. The van der Waals surface area contributed by atoms with Gasteiger partial charge in [-0.3, -0.25) is 9.59 Å². The van der Waals surface area contributed by atoms with Crippen LogP contribution < -0.4 is 11.4 Å². The monoisotopic (exact) mass is 386 g/mol. The molecular formula is C18H18N4O2S2. The summed E-state index contributed by atoms with van der Waals surface area (Å²) >= 11 is 2.64. The van der Waals surface area contributed by atoms with Crippen LogP contribution >= 0.6 is 23.1 Å². The molecule has 3 heterocycles. The van der Waals surface area contributed by atoms with Gasteiger partial charge in [0.2, 0.25) is 5.91 Å². The second kappa shape index (κ2) is 7.13. The Morgan fingerprint density at radius 3 is 2.69 bits per heavy atom. The maximum atomic E-state index is 12.8. The third-order valence-electron chi connectivity index (χ3n) is 4.48. The molecule has 134 valence electrons. The molecule has 1 aliphatic heterocycles. The molecule has 3 aromatic rings. The Labute approximate surface area is 158 Å². The zero-order chi connectivity index (χ0) is 18.1. The highest BCUT2D eigenvalue weighted by molar-refractivity contribution is 7.99. The number of thioether (sulfide) groups is 1. The molecule has 4 rings (SSSR count). The zero-order valence-electron chi connectivity index (χ0n) is 14.1. The molecule has 0 spiro atoms. The van der Waals surface area contributed by atoms with E-state index in [4.69, 9.17) is 5.84 Å². The van der Waals surface area contributed by atoms with Crippen LogP contribution in [0.15, 0.2) is 45.7 Å². The Kier molecular flexibility index (Phi) is 4.69. The van der Waals surface area contributed by atoms with Gasteiger partial charge in [0.1, 0.15) is 4.83 Å². The van der Waals surface area contributed by atoms with Gasteiger partial charge in [-0.1, -0.05) is 42.1 Å². The Bertz CT molecular complexity index is 1010. The fourth-order valence-corrected chi connectivity index (χ4v) is 4.91. The predicted molar refractivity (Wildman–Crippen MR) is 106 cm³/mol. The molecule has 0 radical (unpaired) electrons. The Balaban J connectivity index is 1.65. The van der Waals surface area contributed by atoms with Crippen molar-refractivity contribution >= 4 is 39.2 Å². The van der Waals surface area contributed by atoms with E-state index in [1.807, 2.05) is 40.6 Å². The molecule has 1 aliphatic rings. The van der Waals surface area contributed by atoms with Gasteiger partial charge in [-0.05, 0) is 18.4 Å². The van der Waals surface area contributed by atoms with Gasteiger partial charge in [-0.25, -0.2) is 9.66 Å². The van der Waals surface area contributed by atoms with Crippen LogP contribution in [0.4, 0.5) is 0 Å². The average molecular weight is 387 g/mol. The fourth-order valence-electron chi connectivity index (χ4n) is 3.10.